The van der Waals surface area contributed by atoms with Gasteiger partial charge >= 0.3 is 5.97 Å². The highest BCUT2D eigenvalue weighted by molar-refractivity contribution is 5.75. The molecule has 4 heteroatoms. The molecule has 3 N–H and O–H groups in total. The summed E-state index contributed by atoms with van der Waals surface area (Å²) in [5, 5.41) is 9.00. The second-order valence-electron chi connectivity index (χ2n) is 4.50. The number of nitrogens with two attached hydrogens (primary N) is 1. The quantitative estimate of drug-likeness (QED) is 0.818. The molecule has 1 aromatic rings. The topological polar surface area (TPSA) is 72.5 Å². The van der Waals surface area contributed by atoms with Gasteiger partial charge in [0.25, 0.3) is 0 Å². The summed E-state index contributed by atoms with van der Waals surface area (Å²) < 4.78 is 5.39. The maximum atomic E-state index is 11.0. The Morgan fingerprint density at radius 2 is 2.18 bits per heavy atom. The van der Waals surface area contributed by atoms with Crippen LogP contribution >= 0.6 is 0 Å². The van der Waals surface area contributed by atoms with Crippen LogP contribution in [0.5, 0.6) is 5.75 Å². The van der Waals surface area contributed by atoms with Gasteiger partial charge in [-0.15, -0.1) is 0 Å². The molecule has 0 aliphatic carbocycles. The lowest BCUT2D eigenvalue weighted by molar-refractivity contribution is -0.140. The number of rotatable bonds is 5. The van der Waals surface area contributed by atoms with Crippen LogP contribution in [-0.2, 0) is 10.2 Å². The number of hydrogen-bond donors (Lipinski definition) is 2. The summed E-state index contributed by atoms with van der Waals surface area (Å²) in [6, 6.07) is 6.45. The average molecular weight is 237 g/mol. The normalized spacial score (nSPS) is 13.2. The SMILES string of the molecule is CCOc1cccc(C(C)(C)C(N)C(=O)O)c1. The molecular weight excluding hydrogens is 218 g/mol. The molecule has 0 amide bonds. The molecule has 0 aliphatic heterocycles. The molecule has 1 atom stereocenters. The van der Waals surface area contributed by atoms with Crippen molar-refractivity contribution in [3.05, 3.63) is 29.8 Å². The second-order valence-corrected chi connectivity index (χ2v) is 4.50. The van der Waals surface area contributed by atoms with E-state index in [1.807, 2.05) is 45.0 Å². The van der Waals surface area contributed by atoms with Crippen LogP contribution in [0, 0.1) is 0 Å². The van der Waals surface area contributed by atoms with Crippen molar-refractivity contribution in [1.29, 1.82) is 0 Å². The standard InChI is InChI=1S/C13H19NO3/c1-4-17-10-7-5-6-9(8-10)13(2,3)11(14)12(15)16/h5-8,11H,4,14H2,1-3H3,(H,15,16). The van der Waals surface area contributed by atoms with Crippen molar-refractivity contribution in [2.75, 3.05) is 6.61 Å². The van der Waals surface area contributed by atoms with E-state index in [4.69, 9.17) is 15.6 Å². The first-order valence-electron chi connectivity index (χ1n) is 5.61. The lowest BCUT2D eigenvalue weighted by atomic mass is 9.78. The number of aliphatic carboxylic acids is 1. The van der Waals surface area contributed by atoms with Gasteiger partial charge in [-0.05, 0) is 24.6 Å². The van der Waals surface area contributed by atoms with Crippen LogP contribution in [0.15, 0.2) is 24.3 Å². The molecule has 0 saturated heterocycles. The predicted octanol–water partition coefficient (Wildman–Crippen LogP) is 1.77. The summed E-state index contributed by atoms with van der Waals surface area (Å²) in [4.78, 5) is 11.0. The van der Waals surface area contributed by atoms with Crippen LogP contribution in [0.4, 0.5) is 0 Å². The highest BCUT2D eigenvalue weighted by Crippen LogP contribution is 2.29. The fraction of sp³-hybridized carbons (Fsp3) is 0.462. The van der Waals surface area contributed by atoms with E-state index in [1.165, 1.54) is 0 Å². The first-order chi connectivity index (χ1) is 7.89. The van der Waals surface area contributed by atoms with Gasteiger partial charge in [0.2, 0.25) is 0 Å². The zero-order chi connectivity index (χ0) is 13.1. The number of ether oxygens (including phenoxy) is 1. The third-order valence-corrected chi connectivity index (χ3v) is 2.93. The molecule has 0 fully saturated rings. The van der Waals surface area contributed by atoms with Crippen molar-refractivity contribution < 1.29 is 14.6 Å². The minimum Gasteiger partial charge on any atom is -0.494 e. The van der Waals surface area contributed by atoms with Gasteiger partial charge in [0.05, 0.1) is 6.61 Å². The molecule has 0 heterocycles. The van der Waals surface area contributed by atoms with E-state index in [-0.39, 0.29) is 0 Å². The Balaban J connectivity index is 3.05. The fourth-order valence-corrected chi connectivity index (χ4v) is 1.64. The molecule has 1 aromatic carbocycles. The van der Waals surface area contributed by atoms with Crippen molar-refractivity contribution in [2.24, 2.45) is 5.73 Å². The Kier molecular flexibility index (Phi) is 4.12. The van der Waals surface area contributed by atoms with Crippen LogP contribution < -0.4 is 10.5 Å². The maximum Gasteiger partial charge on any atom is 0.321 e. The first kappa shape index (κ1) is 13.5. The van der Waals surface area contributed by atoms with Gasteiger partial charge in [-0.3, -0.25) is 4.79 Å². The van der Waals surface area contributed by atoms with E-state index in [0.717, 1.165) is 11.3 Å². The Bertz CT molecular complexity index is 401. The Hall–Kier alpha value is -1.55. The smallest absolute Gasteiger partial charge is 0.321 e. The number of carbonyl (C=O) groups is 1. The minimum atomic E-state index is -1.00. The minimum absolute atomic E-state index is 0.578. The monoisotopic (exact) mass is 237 g/mol. The van der Waals surface area contributed by atoms with Crippen LogP contribution in [0.25, 0.3) is 0 Å². The van der Waals surface area contributed by atoms with Gasteiger partial charge in [-0.2, -0.15) is 0 Å². The summed E-state index contributed by atoms with van der Waals surface area (Å²) in [7, 11) is 0. The molecule has 1 unspecified atom stereocenters. The second kappa shape index (κ2) is 5.19. The van der Waals surface area contributed by atoms with Crippen LogP contribution in [0.1, 0.15) is 26.3 Å². The van der Waals surface area contributed by atoms with Crippen molar-refractivity contribution >= 4 is 5.97 Å². The largest absolute Gasteiger partial charge is 0.494 e. The van der Waals surface area contributed by atoms with Crippen molar-refractivity contribution in [3.8, 4) is 5.75 Å². The zero-order valence-electron chi connectivity index (χ0n) is 10.4. The van der Waals surface area contributed by atoms with E-state index in [9.17, 15) is 4.79 Å². The zero-order valence-corrected chi connectivity index (χ0v) is 10.4. The summed E-state index contributed by atoms with van der Waals surface area (Å²) in [5.41, 5.74) is 5.93. The van der Waals surface area contributed by atoms with Gasteiger partial charge in [0.15, 0.2) is 0 Å². The van der Waals surface area contributed by atoms with Gasteiger partial charge in [0, 0.05) is 5.41 Å². The fourth-order valence-electron chi connectivity index (χ4n) is 1.64. The Morgan fingerprint density at radius 3 is 2.71 bits per heavy atom. The molecule has 0 aliphatic rings. The molecule has 17 heavy (non-hydrogen) atoms. The summed E-state index contributed by atoms with van der Waals surface area (Å²) >= 11 is 0. The van der Waals surface area contributed by atoms with Crippen molar-refractivity contribution in [1.82, 2.24) is 0 Å². The third kappa shape index (κ3) is 2.97. The highest BCUT2D eigenvalue weighted by Gasteiger charge is 2.33. The number of carboxylic acid groups (broad SMARTS) is 1. The van der Waals surface area contributed by atoms with Gasteiger partial charge < -0.3 is 15.6 Å². The molecule has 0 saturated carbocycles. The highest BCUT2D eigenvalue weighted by atomic mass is 16.5. The first-order valence-corrected chi connectivity index (χ1v) is 5.61. The van der Waals surface area contributed by atoms with E-state index in [1.54, 1.807) is 0 Å². The number of carboxylic acids is 1. The Morgan fingerprint density at radius 1 is 1.53 bits per heavy atom. The summed E-state index contributed by atoms with van der Waals surface area (Å²) in [5.74, 6) is -0.271. The van der Waals surface area contributed by atoms with E-state index >= 15 is 0 Å². The lowest BCUT2D eigenvalue weighted by Gasteiger charge is -2.29. The molecular formula is C13H19NO3. The van der Waals surface area contributed by atoms with Crippen LogP contribution in [-0.4, -0.2) is 23.7 Å². The van der Waals surface area contributed by atoms with Gasteiger partial charge in [-0.1, -0.05) is 26.0 Å². The summed E-state index contributed by atoms with van der Waals surface area (Å²) in [6.45, 7) is 6.11. The third-order valence-electron chi connectivity index (χ3n) is 2.93. The van der Waals surface area contributed by atoms with E-state index in [0.29, 0.717) is 6.61 Å². The van der Waals surface area contributed by atoms with Gasteiger partial charge in [0.1, 0.15) is 11.8 Å². The lowest BCUT2D eigenvalue weighted by Crippen LogP contribution is -2.46. The van der Waals surface area contributed by atoms with E-state index in [2.05, 4.69) is 0 Å². The molecule has 1 rings (SSSR count). The molecule has 4 nitrogen and oxygen atoms in total. The molecule has 0 radical (unpaired) electrons. The predicted molar refractivity (Wildman–Crippen MR) is 66.2 cm³/mol. The number of benzene rings is 1. The Labute approximate surface area is 101 Å². The van der Waals surface area contributed by atoms with E-state index < -0.39 is 17.4 Å². The molecule has 0 bridgehead atoms. The van der Waals surface area contributed by atoms with Gasteiger partial charge in [-0.25, -0.2) is 0 Å². The molecule has 0 spiro atoms. The summed E-state index contributed by atoms with van der Waals surface area (Å²) in [6.07, 6.45) is 0. The van der Waals surface area contributed by atoms with Crippen LogP contribution in [0.3, 0.4) is 0 Å². The molecule has 0 aromatic heterocycles. The van der Waals surface area contributed by atoms with Crippen molar-refractivity contribution in [3.63, 3.8) is 0 Å². The average Bonchev–Trinajstić information content (AvgIpc) is 2.28. The van der Waals surface area contributed by atoms with Crippen LogP contribution in [0.2, 0.25) is 0 Å². The molecule has 94 valence electrons. The number of hydrogen-bond acceptors (Lipinski definition) is 3. The van der Waals surface area contributed by atoms with Crippen molar-refractivity contribution in [2.45, 2.75) is 32.2 Å². The maximum absolute atomic E-state index is 11.0.